The quantitative estimate of drug-likeness (QED) is 0.918. The van der Waals surface area contributed by atoms with E-state index in [4.69, 9.17) is 0 Å². The predicted molar refractivity (Wildman–Crippen MR) is 74.1 cm³/mol. The monoisotopic (exact) mass is 273 g/mol. The Morgan fingerprint density at radius 1 is 1.20 bits per heavy atom. The number of carboxylic acids is 1. The summed E-state index contributed by atoms with van der Waals surface area (Å²) in [6.07, 6.45) is 4.33. The van der Waals surface area contributed by atoms with Crippen molar-refractivity contribution in [3.8, 4) is 0 Å². The first kappa shape index (κ1) is 13.2. The summed E-state index contributed by atoms with van der Waals surface area (Å²) in [4.78, 5) is 25.4. The maximum absolute atomic E-state index is 12.4. The van der Waals surface area contributed by atoms with Crippen LogP contribution >= 0.6 is 0 Å². The second-order valence-corrected chi connectivity index (χ2v) is 5.85. The highest BCUT2D eigenvalue weighted by atomic mass is 16.4. The van der Waals surface area contributed by atoms with Crippen LogP contribution < -0.4 is 0 Å². The number of carboxylic acid groups (broad SMARTS) is 1. The van der Waals surface area contributed by atoms with Crippen LogP contribution in [0.3, 0.4) is 0 Å². The van der Waals surface area contributed by atoms with Gasteiger partial charge < -0.3 is 10.0 Å². The van der Waals surface area contributed by atoms with Crippen molar-refractivity contribution in [2.24, 2.45) is 5.92 Å². The molecule has 4 nitrogen and oxygen atoms in total. The van der Waals surface area contributed by atoms with E-state index in [9.17, 15) is 14.7 Å². The van der Waals surface area contributed by atoms with Crippen LogP contribution in [0.1, 0.15) is 36.8 Å². The molecule has 1 aromatic carbocycles. The van der Waals surface area contributed by atoms with Gasteiger partial charge in [0.1, 0.15) is 6.04 Å². The molecule has 1 saturated carbocycles. The minimum Gasteiger partial charge on any atom is -0.480 e. The molecular formula is C16H19NO3. The minimum absolute atomic E-state index is 0.00315. The van der Waals surface area contributed by atoms with E-state index in [1.165, 1.54) is 6.42 Å². The highest BCUT2D eigenvalue weighted by Gasteiger charge is 2.35. The Kier molecular flexibility index (Phi) is 3.47. The highest BCUT2D eigenvalue weighted by Crippen LogP contribution is 2.31. The molecule has 20 heavy (non-hydrogen) atoms. The van der Waals surface area contributed by atoms with Crippen molar-refractivity contribution in [1.29, 1.82) is 0 Å². The Morgan fingerprint density at radius 3 is 2.50 bits per heavy atom. The molecule has 1 aliphatic carbocycles. The third-order valence-electron chi connectivity index (χ3n) is 4.54. The Morgan fingerprint density at radius 2 is 1.90 bits per heavy atom. The van der Waals surface area contributed by atoms with Gasteiger partial charge in [-0.05, 0) is 29.9 Å². The average Bonchev–Trinajstić information content (AvgIpc) is 2.41. The SMILES string of the molecule is O=C(O)C1Cc2ccccc2CN1C(=O)CC1CCC1. The molecule has 1 aliphatic heterocycles. The lowest BCUT2D eigenvalue weighted by molar-refractivity contribution is -0.152. The van der Waals surface area contributed by atoms with E-state index in [1.807, 2.05) is 24.3 Å². The van der Waals surface area contributed by atoms with Crippen molar-refractivity contribution in [3.05, 3.63) is 35.4 Å². The first-order chi connectivity index (χ1) is 9.65. The second kappa shape index (κ2) is 5.27. The van der Waals surface area contributed by atoms with Gasteiger partial charge in [-0.15, -0.1) is 0 Å². The Labute approximate surface area is 118 Å². The lowest BCUT2D eigenvalue weighted by atomic mass is 9.82. The van der Waals surface area contributed by atoms with Crippen molar-refractivity contribution in [2.45, 2.75) is 44.7 Å². The zero-order chi connectivity index (χ0) is 14.1. The molecule has 1 N–H and O–H groups in total. The number of nitrogens with zero attached hydrogens (tertiary/aromatic N) is 1. The molecule has 1 amide bonds. The lowest BCUT2D eigenvalue weighted by Crippen LogP contribution is -2.49. The van der Waals surface area contributed by atoms with E-state index in [0.717, 1.165) is 24.0 Å². The number of fused-ring (bicyclic) bond motifs is 1. The first-order valence-corrected chi connectivity index (χ1v) is 7.24. The number of hydrogen-bond donors (Lipinski definition) is 1. The molecule has 4 heteroatoms. The maximum Gasteiger partial charge on any atom is 0.326 e. The van der Waals surface area contributed by atoms with Crippen LogP contribution in [0.15, 0.2) is 24.3 Å². The van der Waals surface area contributed by atoms with Crippen molar-refractivity contribution in [3.63, 3.8) is 0 Å². The van der Waals surface area contributed by atoms with Crippen LogP contribution in [0, 0.1) is 5.92 Å². The summed E-state index contributed by atoms with van der Waals surface area (Å²) in [5.74, 6) is -0.438. The normalized spacial score (nSPS) is 22.0. The third-order valence-corrected chi connectivity index (χ3v) is 4.54. The first-order valence-electron chi connectivity index (χ1n) is 7.24. The topological polar surface area (TPSA) is 57.6 Å². The smallest absolute Gasteiger partial charge is 0.326 e. The predicted octanol–water partition coefficient (Wildman–Crippen LogP) is 2.21. The van der Waals surface area contributed by atoms with Crippen molar-refractivity contribution >= 4 is 11.9 Å². The zero-order valence-corrected chi connectivity index (χ0v) is 11.4. The number of rotatable bonds is 3. The van der Waals surface area contributed by atoms with Crippen LogP contribution in [-0.4, -0.2) is 27.9 Å². The summed E-state index contributed by atoms with van der Waals surface area (Å²) in [5.41, 5.74) is 2.12. The summed E-state index contributed by atoms with van der Waals surface area (Å²) in [6, 6.07) is 7.09. The summed E-state index contributed by atoms with van der Waals surface area (Å²) in [7, 11) is 0. The van der Waals surface area contributed by atoms with Crippen LogP contribution in [0.5, 0.6) is 0 Å². The second-order valence-electron chi connectivity index (χ2n) is 5.85. The molecule has 2 aliphatic rings. The van der Waals surface area contributed by atoms with Gasteiger partial charge >= 0.3 is 5.97 Å². The van der Waals surface area contributed by atoms with E-state index in [2.05, 4.69) is 0 Å². The molecule has 1 unspecified atom stereocenters. The van der Waals surface area contributed by atoms with Crippen molar-refractivity contribution in [2.75, 3.05) is 0 Å². The van der Waals surface area contributed by atoms with Crippen LogP contribution in [-0.2, 0) is 22.6 Å². The van der Waals surface area contributed by atoms with Crippen LogP contribution in [0.25, 0.3) is 0 Å². The molecule has 1 heterocycles. The Hall–Kier alpha value is -1.84. The van der Waals surface area contributed by atoms with E-state index < -0.39 is 12.0 Å². The highest BCUT2D eigenvalue weighted by molar-refractivity contribution is 5.84. The molecule has 0 radical (unpaired) electrons. The molecule has 1 aromatic rings. The van der Waals surface area contributed by atoms with Gasteiger partial charge in [-0.1, -0.05) is 30.7 Å². The number of benzene rings is 1. The largest absolute Gasteiger partial charge is 0.480 e. The number of aliphatic carboxylic acids is 1. The number of amides is 1. The number of carbonyl (C=O) groups excluding carboxylic acids is 1. The Balaban J connectivity index is 1.80. The fourth-order valence-corrected chi connectivity index (χ4v) is 3.07. The Bertz CT molecular complexity index is 536. The van der Waals surface area contributed by atoms with Crippen LogP contribution in [0.4, 0.5) is 0 Å². The number of carbonyl (C=O) groups is 2. The van der Waals surface area contributed by atoms with E-state index in [0.29, 0.717) is 25.3 Å². The van der Waals surface area contributed by atoms with Gasteiger partial charge in [0.2, 0.25) is 5.91 Å². The average molecular weight is 273 g/mol. The van der Waals surface area contributed by atoms with Gasteiger partial charge in [0.25, 0.3) is 0 Å². The van der Waals surface area contributed by atoms with Gasteiger partial charge in [-0.2, -0.15) is 0 Å². The molecule has 0 spiro atoms. The van der Waals surface area contributed by atoms with Crippen molar-refractivity contribution < 1.29 is 14.7 Å². The lowest BCUT2D eigenvalue weighted by Gasteiger charge is -2.36. The summed E-state index contributed by atoms with van der Waals surface area (Å²) in [6.45, 7) is 0.429. The molecule has 1 fully saturated rings. The van der Waals surface area contributed by atoms with Gasteiger partial charge in [-0.3, -0.25) is 4.79 Å². The summed E-state index contributed by atoms with van der Waals surface area (Å²) < 4.78 is 0. The van der Waals surface area contributed by atoms with Gasteiger partial charge in [-0.25, -0.2) is 4.79 Å². The van der Waals surface area contributed by atoms with E-state index in [1.54, 1.807) is 4.90 Å². The molecule has 1 atom stereocenters. The summed E-state index contributed by atoms with van der Waals surface area (Å²) >= 11 is 0. The fourth-order valence-electron chi connectivity index (χ4n) is 3.07. The molecule has 0 aromatic heterocycles. The molecule has 0 saturated heterocycles. The van der Waals surface area contributed by atoms with Crippen LogP contribution in [0.2, 0.25) is 0 Å². The van der Waals surface area contributed by atoms with Gasteiger partial charge in [0.05, 0.1) is 0 Å². The molecule has 106 valence electrons. The number of hydrogen-bond acceptors (Lipinski definition) is 2. The maximum atomic E-state index is 12.4. The van der Waals surface area contributed by atoms with Gasteiger partial charge in [0, 0.05) is 19.4 Å². The van der Waals surface area contributed by atoms with Gasteiger partial charge in [0.15, 0.2) is 0 Å². The molecular weight excluding hydrogens is 254 g/mol. The zero-order valence-electron chi connectivity index (χ0n) is 11.4. The van der Waals surface area contributed by atoms with Crippen molar-refractivity contribution in [1.82, 2.24) is 4.90 Å². The fraction of sp³-hybridized carbons (Fsp3) is 0.500. The van der Waals surface area contributed by atoms with E-state index in [-0.39, 0.29) is 5.91 Å². The van der Waals surface area contributed by atoms with E-state index >= 15 is 0 Å². The standard InChI is InChI=1S/C16H19NO3/c18-15(8-11-4-3-5-11)17-10-13-7-2-1-6-12(13)9-14(17)16(19)20/h1-2,6-7,11,14H,3-5,8-10H2,(H,19,20). The minimum atomic E-state index is -0.901. The third kappa shape index (κ3) is 2.42. The summed E-state index contributed by atoms with van der Waals surface area (Å²) in [5, 5.41) is 9.39. The molecule has 0 bridgehead atoms. The molecule has 3 rings (SSSR count).